The molecule has 0 atom stereocenters. The van der Waals surface area contributed by atoms with Crippen LogP contribution in [0, 0.1) is 0 Å². The Labute approximate surface area is 146 Å². The number of ether oxygens (including phenoxy) is 2. The normalized spacial score (nSPS) is 11.1. The molecule has 1 aromatic heterocycles. The van der Waals surface area contributed by atoms with Crippen molar-refractivity contribution < 1.29 is 13.9 Å². The summed E-state index contributed by atoms with van der Waals surface area (Å²) < 4.78 is 17.6. The van der Waals surface area contributed by atoms with Gasteiger partial charge in [0.05, 0.1) is 15.2 Å². The predicted molar refractivity (Wildman–Crippen MR) is 96.8 cm³/mol. The summed E-state index contributed by atoms with van der Waals surface area (Å²) in [6.45, 7) is 1.54. The molecular weight excluding hydrogens is 376 g/mol. The van der Waals surface area contributed by atoms with Crippen LogP contribution >= 0.6 is 15.9 Å². The topological polar surface area (TPSA) is 101 Å². The summed E-state index contributed by atoms with van der Waals surface area (Å²) in [5.74, 6) is 1.13. The van der Waals surface area contributed by atoms with Crippen LogP contribution in [-0.4, -0.2) is 26.3 Å². The van der Waals surface area contributed by atoms with Crippen molar-refractivity contribution in [2.75, 3.05) is 26.3 Å². The highest BCUT2D eigenvalue weighted by Gasteiger charge is 2.12. The lowest BCUT2D eigenvalue weighted by atomic mass is 10.1. The average molecular weight is 393 g/mol. The van der Waals surface area contributed by atoms with Crippen molar-refractivity contribution in [2.45, 2.75) is 0 Å². The first-order valence-electron chi connectivity index (χ1n) is 7.50. The molecule has 4 N–H and O–H groups in total. The second-order valence-corrected chi connectivity index (χ2v) is 6.00. The van der Waals surface area contributed by atoms with Crippen LogP contribution in [0.5, 0.6) is 11.5 Å². The molecule has 0 amide bonds. The molecule has 0 saturated carbocycles. The van der Waals surface area contributed by atoms with Crippen molar-refractivity contribution in [1.29, 1.82) is 0 Å². The van der Waals surface area contributed by atoms with E-state index in [-0.39, 0.29) is 5.43 Å². The van der Waals surface area contributed by atoms with E-state index in [9.17, 15) is 4.79 Å². The Balaban J connectivity index is 2.16. The maximum absolute atomic E-state index is 12.8. The highest BCUT2D eigenvalue weighted by molar-refractivity contribution is 9.10. The smallest absolute Gasteiger partial charge is 0.200 e. The summed E-state index contributed by atoms with van der Waals surface area (Å²) in [6, 6.07) is 8.52. The van der Waals surface area contributed by atoms with Crippen molar-refractivity contribution in [1.82, 2.24) is 0 Å². The Bertz CT molecular complexity index is 939. The molecule has 7 heteroatoms. The molecule has 1 heterocycles. The van der Waals surface area contributed by atoms with Crippen LogP contribution in [0.3, 0.4) is 0 Å². The Kier molecular flexibility index (Phi) is 5.03. The lowest BCUT2D eigenvalue weighted by Gasteiger charge is -2.09. The highest BCUT2D eigenvalue weighted by Crippen LogP contribution is 2.31. The van der Waals surface area contributed by atoms with Gasteiger partial charge in [0, 0.05) is 13.1 Å². The van der Waals surface area contributed by atoms with Gasteiger partial charge in [0.15, 0.2) is 0 Å². The van der Waals surface area contributed by atoms with Gasteiger partial charge >= 0.3 is 0 Å². The zero-order chi connectivity index (χ0) is 17.1. The summed E-state index contributed by atoms with van der Waals surface area (Å²) in [5, 5.41) is 0.887. The summed E-state index contributed by atoms with van der Waals surface area (Å²) in [6.07, 6.45) is 0. The Morgan fingerprint density at radius 1 is 0.958 bits per heavy atom. The fourth-order valence-corrected chi connectivity index (χ4v) is 2.82. The van der Waals surface area contributed by atoms with Crippen LogP contribution in [0.4, 0.5) is 0 Å². The third-order valence-corrected chi connectivity index (χ3v) is 4.08. The minimum Gasteiger partial charge on any atom is -0.492 e. The molecule has 0 bridgehead atoms. The van der Waals surface area contributed by atoms with Crippen molar-refractivity contribution in [3.05, 3.63) is 45.0 Å². The molecule has 6 nitrogen and oxygen atoms in total. The summed E-state index contributed by atoms with van der Waals surface area (Å²) >= 11 is 3.42. The van der Waals surface area contributed by atoms with E-state index in [1.54, 1.807) is 30.3 Å². The fourth-order valence-electron chi connectivity index (χ4n) is 2.38. The molecule has 0 aliphatic carbocycles. The van der Waals surface area contributed by atoms with Gasteiger partial charge in [-0.25, -0.2) is 0 Å². The van der Waals surface area contributed by atoms with Crippen LogP contribution in [0.25, 0.3) is 21.9 Å². The molecule has 0 aliphatic heterocycles. The number of hydrogen-bond acceptors (Lipinski definition) is 6. The third-order valence-electron chi connectivity index (χ3n) is 3.46. The summed E-state index contributed by atoms with van der Waals surface area (Å²) in [4.78, 5) is 12.8. The van der Waals surface area contributed by atoms with Gasteiger partial charge in [-0.2, -0.15) is 0 Å². The van der Waals surface area contributed by atoms with E-state index in [0.29, 0.717) is 64.2 Å². The van der Waals surface area contributed by atoms with Gasteiger partial charge < -0.3 is 25.4 Å². The number of nitrogens with two attached hydrogens (primary N) is 2. The molecule has 2 aromatic carbocycles. The van der Waals surface area contributed by atoms with Gasteiger partial charge in [0.25, 0.3) is 0 Å². The molecule has 0 saturated heterocycles. The van der Waals surface area contributed by atoms with Gasteiger partial charge in [0.2, 0.25) is 5.43 Å². The SMILES string of the molecule is NCCOc1ccc2oc3cc(Br)c(OCCN)cc3c(=O)c2c1. The first kappa shape index (κ1) is 16.8. The van der Waals surface area contributed by atoms with Gasteiger partial charge in [-0.1, -0.05) is 0 Å². The largest absolute Gasteiger partial charge is 0.492 e. The zero-order valence-electron chi connectivity index (χ0n) is 12.9. The van der Waals surface area contributed by atoms with E-state index in [4.69, 9.17) is 25.4 Å². The van der Waals surface area contributed by atoms with E-state index < -0.39 is 0 Å². The monoisotopic (exact) mass is 392 g/mol. The number of hydrogen-bond donors (Lipinski definition) is 2. The quantitative estimate of drug-likeness (QED) is 0.624. The lowest BCUT2D eigenvalue weighted by Crippen LogP contribution is -2.11. The molecule has 3 rings (SSSR count). The average Bonchev–Trinajstić information content (AvgIpc) is 2.59. The van der Waals surface area contributed by atoms with Crippen LogP contribution in [-0.2, 0) is 0 Å². The first-order chi connectivity index (χ1) is 11.6. The standard InChI is InChI=1S/C17H17BrN2O4/c18-13-9-15-12(8-16(13)23-6-4-20)17(21)11-7-10(22-5-3-19)1-2-14(11)24-15/h1-2,7-9H,3-6,19-20H2. The number of rotatable bonds is 6. The van der Waals surface area contributed by atoms with Gasteiger partial charge in [-0.15, -0.1) is 0 Å². The van der Waals surface area contributed by atoms with Crippen molar-refractivity contribution in [2.24, 2.45) is 11.5 Å². The van der Waals surface area contributed by atoms with Gasteiger partial charge in [0.1, 0.15) is 35.9 Å². The molecule has 24 heavy (non-hydrogen) atoms. The number of benzene rings is 2. The maximum atomic E-state index is 12.8. The minimum atomic E-state index is -0.144. The lowest BCUT2D eigenvalue weighted by molar-refractivity contribution is 0.326. The number of halogens is 1. The van der Waals surface area contributed by atoms with Crippen molar-refractivity contribution in [3.63, 3.8) is 0 Å². The van der Waals surface area contributed by atoms with Gasteiger partial charge in [-0.3, -0.25) is 4.79 Å². The maximum Gasteiger partial charge on any atom is 0.200 e. The fraction of sp³-hybridized carbons (Fsp3) is 0.235. The molecule has 126 valence electrons. The van der Waals surface area contributed by atoms with E-state index >= 15 is 0 Å². The molecule has 0 radical (unpaired) electrons. The second kappa shape index (κ2) is 7.21. The molecule has 0 unspecified atom stereocenters. The van der Waals surface area contributed by atoms with Crippen LogP contribution < -0.4 is 26.4 Å². The molecular formula is C17H17BrN2O4. The van der Waals surface area contributed by atoms with E-state index in [2.05, 4.69) is 15.9 Å². The Morgan fingerprint density at radius 2 is 1.67 bits per heavy atom. The molecule has 3 aromatic rings. The third kappa shape index (κ3) is 3.24. The summed E-state index contributed by atoms with van der Waals surface area (Å²) in [7, 11) is 0. The van der Waals surface area contributed by atoms with Crippen molar-refractivity contribution >= 4 is 37.9 Å². The van der Waals surface area contributed by atoms with Gasteiger partial charge in [-0.05, 0) is 46.3 Å². The molecule has 0 aliphatic rings. The Hall–Kier alpha value is -2.09. The van der Waals surface area contributed by atoms with Crippen molar-refractivity contribution in [3.8, 4) is 11.5 Å². The molecule has 0 fully saturated rings. The van der Waals surface area contributed by atoms with E-state index in [0.717, 1.165) is 0 Å². The zero-order valence-corrected chi connectivity index (χ0v) is 14.5. The minimum absolute atomic E-state index is 0.144. The van der Waals surface area contributed by atoms with Crippen LogP contribution in [0.1, 0.15) is 0 Å². The van der Waals surface area contributed by atoms with E-state index in [1.807, 2.05) is 0 Å². The number of fused-ring (bicyclic) bond motifs is 2. The van der Waals surface area contributed by atoms with Crippen LogP contribution in [0.2, 0.25) is 0 Å². The Morgan fingerprint density at radius 3 is 2.42 bits per heavy atom. The molecule has 0 spiro atoms. The van der Waals surface area contributed by atoms with Crippen LogP contribution in [0.15, 0.2) is 44.0 Å². The predicted octanol–water partition coefficient (Wildman–Crippen LogP) is 2.38. The second-order valence-electron chi connectivity index (χ2n) is 5.14. The first-order valence-corrected chi connectivity index (χ1v) is 8.29. The van der Waals surface area contributed by atoms with E-state index in [1.165, 1.54) is 0 Å². The highest BCUT2D eigenvalue weighted by atomic mass is 79.9. The summed E-state index contributed by atoms with van der Waals surface area (Å²) in [5.41, 5.74) is 11.7.